The Bertz CT molecular complexity index is 1290. The number of nitrogens with zero attached hydrogens (tertiary/aromatic N) is 1. The number of carbonyl (C=O) groups is 5. The number of carboxylic acid groups (broad SMARTS) is 1. The fourth-order valence-electron chi connectivity index (χ4n) is 7.50. The second-order valence-electron chi connectivity index (χ2n) is 16.9. The SMILES string of the molecule is CC(C)(C)OC(=O)NC(C(=O)O)C1CCC(F)(F)CC1.COC(=O)[C@@H]1[C@@H]2[C@H](CN1C(=O)[C@@H](NC(=O)OC(C)(C)C)C1CCC(F)(F)CC1)C2(C)C. The van der Waals surface area contributed by atoms with Crippen molar-refractivity contribution in [3.8, 4) is 0 Å². The average molecular weight is 738 g/mol. The number of fused-ring (bicyclic) bond motifs is 1. The van der Waals surface area contributed by atoms with Gasteiger partial charge in [-0.05, 0) is 90.4 Å². The van der Waals surface area contributed by atoms with Gasteiger partial charge in [-0.2, -0.15) is 0 Å². The maximum absolute atomic E-state index is 13.7. The number of alkyl halides is 4. The predicted octanol–water partition coefficient (Wildman–Crippen LogP) is 6.15. The van der Waals surface area contributed by atoms with Gasteiger partial charge in [-0.3, -0.25) is 4.79 Å². The fraction of sp³-hybridized carbons (Fsp3) is 0.857. The predicted molar refractivity (Wildman–Crippen MR) is 176 cm³/mol. The summed E-state index contributed by atoms with van der Waals surface area (Å²) in [5, 5.41) is 14.0. The van der Waals surface area contributed by atoms with Crippen LogP contribution in [0, 0.1) is 29.1 Å². The summed E-state index contributed by atoms with van der Waals surface area (Å²) >= 11 is 0. The van der Waals surface area contributed by atoms with Crippen LogP contribution in [0.25, 0.3) is 0 Å². The lowest BCUT2D eigenvalue weighted by atomic mass is 9.81. The molecule has 1 unspecified atom stereocenters. The molecule has 51 heavy (non-hydrogen) atoms. The van der Waals surface area contributed by atoms with E-state index in [0.717, 1.165) is 0 Å². The monoisotopic (exact) mass is 737 g/mol. The summed E-state index contributed by atoms with van der Waals surface area (Å²) in [6, 6.07) is -2.95. The first kappa shape index (κ1) is 42.1. The third-order valence-corrected chi connectivity index (χ3v) is 10.3. The largest absolute Gasteiger partial charge is 0.480 e. The van der Waals surface area contributed by atoms with Gasteiger partial charge < -0.3 is 34.9 Å². The van der Waals surface area contributed by atoms with Crippen LogP contribution in [-0.4, -0.2) is 94.9 Å². The van der Waals surface area contributed by atoms with Crippen LogP contribution < -0.4 is 10.6 Å². The minimum atomic E-state index is -2.76. The van der Waals surface area contributed by atoms with E-state index in [2.05, 4.69) is 24.5 Å². The van der Waals surface area contributed by atoms with Crippen molar-refractivity contribution in [2.75, 3.05) is 13.7 Å². The van der Waals surface area contributed by atoms with Crippen molar-refractivity contribution >= 4 is 30.0 Å². The van der Waals surface area contributed by atoms with Gasteiger partial charge in [0.2, 0.25) is 17.8 Å². The first-order valence-electron chi connectivity index (χ1n) is 17.5. The molecule has 1 saturated heterocycles. The number of methoxy groups -OCH3 is 1. The number of halogens is 4. The zero-order valence-corrected chi connectivity index (χ0v) is 31.1. The summed E-state index contributed by atoms with van der Waals surface area (Å²) in [4.78, 5) is 62.8. The smallest absolute Gasteiger partial charge is 0.408 e. The maximum atomic E-state index is 13.7. The number of amides is 3. The van der Waals surface area contributed by atoms with E-state index in [1.165, 1.54) is 12.0 Å². The van der Waals surface area contributed by atoms with Crippen molar-refractivity contribution < 1.29 is 60.9 Å². The zero-order chi connectivity index (χ0) is 38.9. The summed E-state index contributed by atoms with van der Waals surface area (Å²) in [6.45, 7) is 14.6. The van der Waals surface area contributed by atoms with Gasteiger partial charge in [0.1, 0.15) is 29.3 Å². The fourth-order valence-corrected chi connectivity index (χ4v) is 7.50. The van der Waals surface area contributed by atoms with Crippen molar-refractivity contribution in [3.05, 3.63) is 0 Å². The first-order chi connectivity index (χ1) is 23.2. The molecule has 4 rings (SSSR count). The lowest BCUT2D eigenvalue weighted by Crippen LogP contribution is -2.57. The molecule has 3 amide bonds. The molecule has 0 radical (unpaired) electrons. The number of piperidine rings is 1. The number of aliphatic carboxylic acids is 1. The number of carboxylic acids is 1. The summed E-state index contributed by atoms with van der Waals surface area (Å²) in [5.41, 5.74) is -1.59. The summed E-state index contributed by atoms with van der Waals surface area (Å²) in [5.74, 6) is -8.44. The number of alkyl carbamates (subject to hydrolysis) is 2. The van der Waals surface area contributed by atoms with Gasteiger partial charge in [0, 0.05) is 38.1 Å². The van der Waals surface area contributed by atoms with Crippen molar-refractivity contribution in [1.29, 1.82) is 0 Å². The van der Waals surface area contributed by atoms with E-state index in [4.69, 9.17) is 19.3 Å². The molecular weight excluding hydrogens is 682 g/mol. The lowest BCUT2D eigenvalue weighted by Gasteiger charge is -2.37. The van der Waals surface area contributed by atoms with Crippen LogP contribution in [0.2, 0.25) is 0 Å². The standard InChI is InChI=1S/C22H34F2N2O5.C13H21F2NO4/c1-20(2,3)31-19(29)25-15(12-7-9-22(23,24)10-8-12)17(27)26-11-13-14(21(13,4)5)16(26)18(28)30-6;1-12(2,3)20-11(19)16-9(10(17)18)8-4-6-13(14,15)7-5-8/h12-16H,7-11H2,1-6H3,(H,25,29);8-9H,4-7H2,1-3H3,(H,16,19)(H,17,18)/t13-,14-,15-,16-;/m0./s1. The highest BCUT2D eigenvalue weighted by Crippen LogP contribution is 2.65. The van der Waals surface area contributed by atoms with Crippen LogP contribution >= 0.6 is 0 Å². The average Bonchev–Trinajstić information content (AvgIpc) is 3.29. The van der Waals surface area contributed by atoms with E-state index in [0.29, 0.717) is 6.54 Å². The van der Waals surface area contributed by atoms with Gasteiger partial charge in [-0.15, -0.1) is 0 Å². The van der Waals surface area contributed by atoms with Crippen molar-refractivity contribution in [1.82, 2.24) is 15.5 Å². The molecule has 3 N–H and O–H groups in total. The molecule has 12 nitrogen and oxygen atoms in total. The number of hydrogen-bond donors (Lipinski definition) is 3. The molecule has 5 atom stereocenters. The third kappa shape index (κ3) is 11.3. The van der Waals surface area contributed by atoms with E-state index in [-0.39, 0.29) is 68.6 Å². The molecule has 0 aromatic rings. The summed E-state index contributed by atoms with van der Waals surface area (Å²) < 4.78 is 68.8. The Morgan fingerprint density at radius 1 is 0.745 bits per heavy atom. The van der Waals surface area contributed by atoms with E-state index >= 15 is 0 Å². The molecule has 1 aliphatic heterocycles. The minimum absolute atomic E-state index is 0.0123. The molecule has 292 valence electrons. The molecule has 0 aromatic heterocycles. The number of carbonyl (C=O) groups excluding carboxylic acids is 4. The van der Waals surface area contributed by atoms with Crippen LogP contribution in [-0.2, 0) is 28.6 Å². The molecule has 4 aliphatic rings. The van der Waals surface area contributed by atoms with E-state index in [1.54, 1.807) is 41.5 Å². The first-order valence-corrected chi connectivity index (χ1v) is 17.5. The van der Waals surface area contributed by atoms with Gasteiger partial charge in [-0.25, -0.2) is 36.7 Å². The second-order valence-corrected chi connectivity index (χ2v) is 16.9. The van der Waals surface area contributed by atoms with E-state index < -0.39 is 83.0 Å². The Balaban J connectivity index is 0.000000304. The Hall–Kier alpha value is -3.33. The molecule has 3 aliphatic carbocycles. The molecule has 0 aromatic carbocycles. The minimum Gasteiger partial charge on any atom is -0.480 e. The molecule has 16 heteroatoms. The maximum Gasteiger partial charge on any atom is 0.408 e. The Morgan fingerprint density at radius 3 is 1.51 bits per heavy atom. The lowest BCUT2D eigenvalue weighted by molar-refractivity contribution is -0.154. The molecule has 4 fully saturated rings. The highest BCUT2D eigenvalue weighted by molar-refractivity contribution is 5.91. The highest BCUT2D eigenvalue weighted by atomic mass is 19.3. The Labute approximate surface area is 297 Å². The number of ether oxygens (including phenoxy) is 3. The highest BCUT2D eigenvalue weighted by Gasteiger charge is 2.70. The number of hydrogen-bond acceptors (Lipinski definition) is 8. The normalized spacial score (nSPS) is 26.6. The Kier molecular flexibility index (Phi) is 12.7. The van der Waals surface area contributed by atoms with Gasteiger partial charge in [0.15, 0.2) is 0 Å². The third-order valence-electron chi connectivity index (χ3n) is 10.3. The van der Waals surface area contributed by atoms with Gasteiger partial charge in [0.25, 0.3) is 0 Å². The number of nitrogens with one attached hydrogen (secondary N) is 2. The summed E-state index contributed by atoms with van der Waals surface area (Å²) in [7, 11) is 1.29. The molecule has 0 bridgehead atoms. The quantitative estimate of drug-likeness (QED) is 0.158. The van der Waals surface area contributed by atoms with Crippen LogP contribution in [0.5, 0.6) is 0 Å². The summed E-state index contributed by atoms with van der Waals surface area (Å²) in [6.07, 6.45) is -2.65. The van der Waals surface area contributed by atoms with Crippen LogP contribution in [0.4, 0.5) is 27.2 Å². The zero-order valence-electron chi connectivity index (χ0n) is 31.1. The number of esters is 1. The molecular formula is C35H55F4N3O9. The Morgan fingerprint density at radius 2 is 1.14 bits per heavy atom. The molecule has 0 spiro atoms. The van der Waals surface area contributed by atoms with Gasteiger partial charge >= 0.3 is 24.1 Å². The number of likely N-dealkylation sites (tertiary alicyclic amines) is 1. The van der Waals surface area contributed by atoms with Crippen LogP contribution in [0.15, 0.2) is 0 Å². The molecule has 1 heterocycles. The van der Waals surface area contributed by atoms with Crippen LogP contribution in [0.3, 0.4) is 0 Å². The van der Waals surface area contributed by atoms with Gasteiger partial charge in [-0.1, -0.05) is 13.8 Å². The number of rotatable bonds is 7. The molecule has 3 saturated carbocycles. The van der Waals surface area contributed by atoms with Crippen molar-refractivity contribution in [2.45, 2.75) is 148 Å². The van der Waals surface area contributed by atoms with Crippen molar-refractivity contribution in [3.63, 3.8) is 0 Å². The van der Waals surface area contributed by atoms with Gasteiger partial charge in [0.05, 0.1) is 7.11 Å². The van der Waals surface area contributed by atoms with E-state index in [9.17, 15) is 41.5 Å². The van der Waals surface area contributed by atoms with Crippen molar-refractivity contribution in [2.24, 2.45) is 29.1 Å². The van der Waals surface area contributed by atoms with Crippen LogP contribution in [0.1, 0.15) is 107 Å². The topological polar surface area (TPSA) is 161 Å². The van der Waals surface area contributed by atoms with E-state index in [1.807, 2.05) is 0 Å². The second kappa shape index (κ2) is 15.3.